The molecule has 0 aliphatic carbocycles. The molecule has 3 aromatic rings. The minimum absolute atomic E-state index is 0.488. The van der Waals surface area contributed by atoms with Crippen molar-refractivity contribution in [2.45, 2.75) is 13.8 Å². The van der Waals surface area contributed by atoms with Gasteiger partial charge < -0.3 is 10.6 Å². The number of aromatic nitrogens is 2. The highest BCUT2D eigenvalue weighted by Gasteiger charge is 2.07. The number of anilines is 4. The highest BCUT2D eigenvalue weighted by molar-refractivity contribution is 6.31. The summed E-state index contributed by atoms with van der Waals surface area (Å²) >= 11 is 6.16. The van der Waals surface area contributed by atoms with Gasteiger partial charge in [-0.3, -0.25) is 0 Å². The summed E-state index contributed by atoms with van der Waals surface area (Å²) < 4.78 is 0. The lowest BCUT2D eigenvalue weighted by molar-refractivity contribution is 1.10. The molecule has 2 N–H and O–H groups in total. The molecule has 0 aliphatic rings. The first-order valence-corrected chi connectivity index (χ1v) is 8.08. The first kappa shape index (κ1) is 16.7. The molecule has 1 aromatic heterocycles. The van der Waals surface area contributed by atoms with Crippen LogP contribution in [0, 0.1) is 25.2 Å². The summed E-state index contributed by atoms with van der Waals surface area (Å²) in [6.07, 6.45) is 0. The van der Waals surface area contributed by atoms with Crippen LogP contribution < -0.4 is 10.6 Å². The molecule has 0 saturated carbocycles. The summed E-state index contributed by atoms with van der Waals surface area (Å²) in [7, 11) is 0. The van der Waals surface area contributed by atoms with Gasteiger partial charge in [-0.15, -0.1) is 0 Å². The zero-order valence-corrected chi connectivity index (χ0v) is 14.6. The van der Waals surface area contributed by atoms with Gasteiger partial charge >= 0.3 is 0 Å². The molecule has 0 aliphatic heterocycles. The molecule has 25 heavy (non-hydrogen) atoms. The minimum Gasteiger partial charge on any atom is -0.340 e. The van der Waals surface area contributed by atoms with Crippen LogP contribution in [-0.2, 0) is 0 Å². The molecule has 0 unspecified atom stereocenters. The Labute approximate surface area is 151 Å². The van der Waals surface area contributed by atoms with Crippen molar-refractivity contribution in [2.24, 2.45) is 0 Å². The van der Waals surface area contributed by atoms with Crippen LogP contribution in [0.3, 0.4) is 0 Å². The molecular formula is C19H16ClN5. The van der Waals surface area contributed by atoms with Gasteiger partial charge in [-0.2, -0.15) is 10.2 Å². The Bertz CT molecular complexity index is 945. The Hall–Kier alpha value is -3.10. The van der Waals surface area contributed by atoms with Gasteiger partial charge in [-0.05, 0) is 55.8 Å². The summed E-state index contributed by atoms with van der Waals surface area (Å²) in [5, 5.41) is 16.0. The zero-order valence-electron chi connectivity index (χ0n) is 13.8. The average Bonchev–Trinajstić information content (AvgIpc) is 2.59. The van der Waals surface area contributed by atoms with E-state index in [4.69, 9.17) is 16.9 Å². The molecule has 2 aromatic carbocycles. The monoisotopic (exact) mass is 349 g/mol. The highest BCUT2D eigenvalue weighted by atomic mass is 35.5. The van der Waals surface area contributed by atoms with Gasteiger partial charge in [0.25, 0.3) is 0 Å². The predicted molar refractivity (Wildman–Crippen MR) is 101 cm³/mol. The molecule has 0 bridgehead atoms. The lowest BCUT2D eigenvalue weighted by Gasteiger charge is -2.12. The van der Waals surface area contributed by atoms with Crippen LogP contribution >= 0.6 is 11.6 Å². The van der Waals surface area contributed by atoms with Crippen molar-refractivity contribution < 1.29 is 0 Å². The maximum Gasteiger partial charge on any atom is 0.229 e. The Morgan fingerprint density at radius 3 is 2.48 bits per heavy atom. The van der Waals surface area contributed by atoms with Gasteiger partial charge in [0.05, 0.1) is 11.6 Å². The van der Waals surface area contributed by atoms with E-state index in [2.05, 4.69) is 26.7 Å². The van der Waals surface area contributed by atoms with Crippen LogP contribution in [0.1, 0.15) is 16.8 Å². The van der Waals surface area contributed by atoms with Crippen molar-refractivity contribution in [2.75, 3.05) is 10.6 Å². The Morgan fingerprint density at radius 2 is 1.76 bits per heavy atom. The van der Waals surface area contributed by atoms with E-state index in [1.54, 1.807) is 12.1 Å². The first-order chi connectivity index (χ1) is 12.0. The minimum atomic E-state index is 0.488. The normalized spacial score (nSPS) is 10.2. The molecule has 0 amide bonds. The molecule has 0 saturated heterocycles. The Balaban J connectivity index is 1.85. The summed E-state index contributed by atoms with van der Waals surface area (Å²) in [6.45, 7) is 3.85. The number of hydrogen-bond donors (Lipinski definition) is 2. The van der Waals surface area contributed by atoms with Gasteiger partial charge in [-0.1, -0.05) is 17.7 Å². The van der Waals surface area contributed by atoms with Crippen LogP contribution in [-0.4, -0.2) is 9.97 Å². The maximum absolute atomic E-state index is 8.86. The second-order valence-electron chi connectivity index (χ2n) is 5.57. The molecule has 0 radical (unpaired) electrons. The van der Waals surface area contributed by atoms with Gasteiger partial charge in [0.1, 0.15) is 5.82 Å². The van der Waals surface area contributed by atoms with E-state index >= 15 is 0 Å². The average molecular weight is 350 g/mol. The Morgan fingerprint density at radius 1 is 1.00 bits per heavy atom. The van der Waals surface area contributed by atoms with E-state index in [1.807, 2.05) is 50.2 Å². The topological polar surface area (TPSA) is 73.6 Å². The predicted octanol–water partition coefficient (Wildman–Crippen LogP) is 5.11. The van der Waals surface area contributed by atoms with Crippen molar-refractivity contribution >= 4 is 34.7 Å². The van der Waals surface area contributed by atoms with Crippen molar-refractivity contribution in [1.29, 1.82) is 5.26 Å². The molecule has 0 atom stereocenters. The molecule has 0 fully saturated rings. The number of rotatable bonds is 4. The van der Waals surface area contributed by atoms with Gasteiger partial charge in [0, 0.05) is 28.2 Å². The summed E-state index contributed by atoms with van der Waals surface area (Å²) in [5.41, 5.74) is 4.09. The quantitative estimate of drug-likeness (QED) is 0.685. The van der Waals surface area contributed by atoms with E-state index < -0.39 is 0 Å². The lowest BCUT2D eigenvalue weighted by atomic mass is 10.2. The first-order valence-electron chi connectivity index (χ1n) is 7.70. The third-order valence-corrected chi connectivity index (χ3v) is 4.06. The molecule has 3 rings (SSSR count). The molecule has 5 nitrogen and oxygen atoms in total. The molecule has 124 valence electrons. The number of halogens is 1. The maximum atomic E-state index is 8.86. The van der Waals surface area contributed by atoms with E-state index in [9.17, 15) is 0 Å². The fourth-order valence-corrected chi connectivity index (χ4v) is 2.50. The lowest BCUT2D eigenvalue weighted by Crippen LogP contribution is -2.03. The number of benzene rings is 2. The number of hydrogen-bond acceptors (Lipinski definition) is 5. The fraction of sp³-hybridized carbons (Fsp3) is 0.105. The molecule has 1 heterocycles. The van der Waals surface area contributed by atoms with E-state index in [-0.39, 0.29) is 0 Å². The van der Waals surface area contributed by atoms with E-state index in [0.717, 1.165) is 22.6 Å². The molecule has 0 spiro atoms. The Kier molecular flexibility index (Phi) is 4.82. The van der Waals surface area contributed by atoms with E-state index in [1.165, 1.54) is 0 Å². The smallest absolute Gasteiger partial charge is 0.229 e. The van der Waals surface area contributed by atoms with Gasteiger partial charge in [-0.25, -0.2) is 4.98 Å². The highest BCUT2D eigenvalue weighted by Crippen LogP contribution is 2.26. The van der Waals surface area contributed by atoms with Crippen molar-refractivity contribution in [3.8, 4) is 6.07 Å². The number of nitriles is 1. The van der Waals surface area contributed by atoms with Gasteiger partial charge in [0.2, 0.25) is 5.95 Å². The largest absolute Gasteiger partial charge is 0.340 e. The van der Waals surface area contributed by atoms with Crippen LogP contribution in [0.25, 0.3) is 0 Å². The van der Waals surface area contributed by atoms with Crippen LogP contribution in [0.15, 0.2) is 48.5 Å². The fourth-order valence-electron chi connectivity index (χ4n) is 2.33. The molecular weight excluding hydrogens is 334 g/mol. The van der Waals surface area contributed by atoms with Crippen LogP contribution in [0.5, 0.6) is 0 Å². The number of nitrogens with one attached hydrogen (secondary N) is 2. The third-order valence-electron chi connectivity index (χ3n) is 3.65. The second kappa shape index (κ2) is 7.20. The van der Waals surface area contributed by atoms with Crippen LogP contribution in [0.4, 0.5) is 23.1 Å². The van der Waals surface area contributed by atoms with E-state index in [0.29, 0.717) is 22.4 Å². The SMILES string of the molecule is Cc1cc(Nc2ccc(C#N)cc2)nc(Nc2cccc(Cl)c2C)n1. The summed E-state index contributed by atoms with van der Waals surface area (Å²) in [4.78, 5) is 8.92. The molecule has 6 heteroatoms. The second-order valence-corrected chi connectivity index (χ2v) is 5.98. The summed E-state index contributed by atoms with van der Waals surface area (Å²) in [6, 6.07) is 16.8. The van der Waals surface area contributed by atoms with Crippen molar-refractivity contribution in [3.05, 3.63) is 70.4 Å². The van der Waals surface area contributed by atoms with Gasteiger partial charge in [0.15, 0.2) is 0 Å². The number of aryl methyl sites for hydroxylation is 1. The van der Waals surface area contributed by atoms with Crippen molar-refractivity contribution in [3.63, 3.8) is 0 Å². The number of nitrogens with zero attached hydrogens (tertiary/aromatic N) is 3. The third kappa shape index (κ3) is 4.06. The standard InChI is InChI=1S/C19H16ClN5/c1-12-10-18(23-15-8-6-14(11-21)7-9-15)25-19(22-12)24-17-5-3-4-16(20)13(17)2/h3-10H,1-2H3,(H2,22,23,24,25). The summed E-state index contributed by atoms with van der Waals surface area (Å²) in [5.74, 6) is 1.15. The van der Waals surface area contributed by atoms with Crippen LogP contribution in [0.2, 0.25) is 5.02 Å². The zero-order chi connectivity index (χ0) is 17.8. The van der Waals surface area contributed by atoms with Crippen molar-refractivity contribution in [1.82, 2.24) is 9.97 Å².